The first-order valence-corrected chi connectivity index (χ1v) is 10.9. The van der Waals surface area contributed by atoms with Crippen molar-refractivity contribution < 1.29 is 14.5 Å². The van der Waals surface area contributed by atoms with Crippen LogP contribution in [0.25, 0.3) is 21.3 Å². The minimum atomic E-state index is -0.494. The van der Waals surface area contributed by atoms with E-state index in [1.807, 2.05) is 0 Å². The number of aryl methyl sites for hydroxylation is 1. The van der Waals surface area contributed by atoms with Gasteiger partial charge in [0.25, 0.3) is 11.2 Å². The van der Waals surface area contributed by atoms with Crippen LogP contribution in [0.2, 0.25) is 5.02 Å². The van der Waals surface area contributed by atoms with Crippen LogP contribution >= 0.6 is 22.9 Å². The number of aromatic nitrogens is 2. The van der Waals surface area contributed by atoms with Gasteiger partial charge in [0.05, 0.1) is 29.4 Å². The van der Waals surface area contributed by atoms with E-state index in [1.165, 1.54) is 41.5 Å². The molecule has 11 heteroatoms. The molecule has 4 aromatic rings. The van der Waals surface area contributed by atoms with E-state index in [-0.39, 0.29) is 12.2 Å². The number of non-ortho nitro benzene ring substituents is 1. The van der Waals surface area contributed by atoms with Crippen molar-refractivity contribution in [3.05, 3.63) is 79.2 Å². The summed E-state index contributed by atoms with van der Waals surface area (Å²) in [6, 6.07) is 9.31. The third-order valence-corrected chi connectivity index (χ3v) is 6.29. The number of nitro groups is 1. The molecule has 0 spiro atoms. The molecule has 0 saturated carbocycles. The van der Waals surface area contributed by atoms with E-state index in [9.17, 15) is 19.7 Å². The second-order valence-electron chi connectivity index (χ2n) is 7.16. The summed E-state index contributed by atoms with van der Waals surface area (Å²) in [6.45, 7) is 1.52. The fraction of sp³-hybridized carbons (Fsp3) is 0.136. The van der Waals surface area contributed by atoms with Crippen molar-refractivity contribution in [1.82, 2.24) is 9.55 Å². The Morgan fingerprint density at radius 2 is 2.12 bits per heavy atom. The number of rotatable bonds is 6. The van der Waals surface area contributed by atoms with E-state index < -0.39 is 16.4 Å². The van der Waals surface area contributed by atoms with E-state index in [4.69, 9.17) is 16.3 Å². The van der Waals surface area contributed by atoms with Crippen LogP contribution in [0.5, 0.6) is 5.75 Å². The highest BCUT2D eigenvalue weighted by Gasteiger charge is 2.17. The molecule has 0 fully saturated rings. The van der Waals surface area contributed by atoms with Crippen LogP contribution in [0.4, 0.5) is 11.4 Å². The zero-order valence-corrected chi connectivity index (χ0v) is 19.1. The Balaban J connectivity index is 1.67. The highest BCUT2D eigenvalue weighted by molar-refractivity contribution is 7.17. The van der Waals surface area contributed by atoms with Gasteiger partial charge in [-0.15, -0.1) is 11.3 Å². The lowest BCUT2D eigenvalue weighted by atomic mass is 10.1. The summed E-state index contributed by atoms with van der Waals surface area (Å²) in [4.78, 5) is 41.3. The molecule has 0 bridgehead atoms. The molecule has 2 aromatic carbocycles. The van der Waals surface area contributed by atoms with E-state index in [0.717, 1.165) is 5.56 Å². The van der Waals surface area contributed by atoms with Crippen molar-refractivity contribution in [1.29, 1.82) is 0 Å². The summed E-state index contributed by atoms with van der Waals surface area (Å²) in [7, 11) is 1.46. The summed E-state index contributed by atoms with van der Waals surface area (Å²) >= 11 is 7.36. The molecule has 0 radical (unpaired) electrons. The lowest BCUT2D eigenvalue weighted by Gasteiger charge is -2.13. The number of fused-ring (bicyclic) bond motifs is 1. The lowest BCUT2D eigenvalue weighted by Crippen LogP contribution is -2.28. The van der Waals surface area contributed by atoms with Gasteiger partial charge in [0.2, 0.25) is 5.91 Å². The van der Waals surface area contributed by atoms with Gasteiger partial charge in [-0.2, -0.15) is 0 Å². The predicted octanol–water partition coefficient (Wildman–Crippen LogP) is 4.64. The van der Waals surface area contributed by atoms with Crippen molar-refractivity contribution >= 4 is 50.4 Å². The van der Waals surface area contributed by atoms with E-state index in [1.54, 1.807) is 36.6 Å². The number of nitrogens with zero attached hydrogens (tertiary/aromatic N) is 3. The summed E-state index contributed by atoms with van der Waals surface area (Å²) in [6.07, 6.45) is 1.31. The fourth-order valence-corrected chi connectivity index (χ4v) is 4.41. The largest absolute Gasteiger partial charge is 0.495 e. The monoisotopic (exact) mass is 484 g/mol. The van der Waals surface area contributed by atoms with Gasteiger partial charge < -0.3 is 10.1 Å². The number of methoxy groups -OCH3 is 1. The maximum atomic E-state index is 13.2. The molecule has 2 aromatic heterocycles. The van der Waals surface area contributed by atoms with Gasteiger partial charge in [-0.1, -0.05) is 23.7 Å². The SMILES string of the molecule is COc1cc(Cl)c(C)cc1NC(=O)Cn1cnc2scc(-c3cccc([N+](=O)[O-])c3)c2c1=O. The van der Waals surface area contributed by atoms with Crippen molar-refractivity contribution in [3.63, 3.8) is 0 Å². The molecule has 4 rings (SSSR count). The van der Waals surface area contributed by atoms with Gasteiger partial charge in [0.1, 0.15) is 17.1 Å². The number of nitro benzene ring substituents is 1. The lowest BCUT2D eigenvalue weighted by molar-refractivity contribution is -0.384. The first-order valence-electron chi connectivity index (χ1n) is 9.64. The Morgan fingerprint density at radius 1 is 1.33 bits per heavy atom. The second kappa shape index (κ2) is 9.00. The average molecular weight is 485 g/mol. The minimum absolute atomic E-state index is 0.0809. The number of ether oxygens (including phenoxy) is 1. The number of halogens is 1. The van der Waals surface area contributed by atoms with Gasteiger partial charge in [0, 0.05) is 34.2 Å². The van der Waals surface area contributed by atoms with Crippen molar-refractivity contribution in [2.24, 2.45) is 0 Å². The number of nitrogens with one attached hydrogen (secondary N) is 1. The van der Waals surface area contributed by atoms with Crippen LogP contribution in [0.15, 0.2) is 52.9 Å². The van der Waals surface area contributed by atoms with Crippen LogP contribution in [0.3, 0.4) is 0 Å². The second-order valence-corrected chi connectivity index (χ2v) is 8.43. The van der Waals surface area contributed by atoms with Crippen molar-refractivity contribution in [2.75, 3.05) is 12.4 Å². The van der Waals surface area contributed by atoms with E-state index >= 15 is 0 Å². The first kappa shape index (κ1) is 22.4. The smallest absolute Gasteiger partial charge is 0.270 e. The summed E-state index contributed by atoms with van der Waals surface area (Å²) in [5, 5.41) is 16.4. The number of hydrogen-bond acceptors (Lipinski definition) is 7. The Labute approximate surface area is 196 Å². The first-order chi connectivity index (χ1) is 15.8. The topological polar surface area (TPSA) is 116 Å². The Kier molecular flexibility index (Phi) is 6.12. The molecule has 1 amide bonds. The van der Waals surface area contributed by atoms with Gasteiger partial charge in [-0.3, -0.25) is 24.3 Å². The van der Waals surface area contributed by atoms with Crippen molar-refractivity contribution in [2.45, 2.75) is 13.5 Å². The molecule has 0 unspecified atom stereocenters. The Morgan fingerprint density at radius 3 is 2.85 bits per heavy atom. The third-order valence-electron chi connectivity index (χ3n) is 5.00. The van der Waals surface area contributed by atoms with Gasteiger partial charge >= 0.3 is 0 Å². The fourth-order valence-electron chi connectivity index (χ4n) is 3.35. The van der Waals surface area contributed by atoms with Crippen molar-refractivity contribution in [3.8, 4) is 16.9 Å². The molecule has 0 saturated heterocycles. The molecular weight excluding hydrogens is 468 g/mol. The molecule has 33 heavy (non-hydrogen) atoms. The zero-order valence-electron chi connectivity index (χ0n) is 17.5. The molecule has 0 aliphatic rings. The molecule has 0 aliphatic carbocycles. The summed E-state index contributed by atoms with van der Waals surface area (Å²) in [5.41, 5.74) is 1.74. The minimum Gasteiger partial charge on any atom is -0.495 e. The number of amides is 1. The van der Waals surface area contributed by atoms with Gasteiger partial charge in [0.15, 0.2) is 0 Å². The van der Waals surface area contributed by atoms with Gasteiger partial charge in [-0.05, 0) is 24.1 Å². The Hall–Kier alpha value is -3.76. The molecule has 9 nitrogen and oxygen atoms in total. The highest BCUT2D eigenvalue weighted by Crippen LogP contribution is 2.33. The molecular formula is C22H17ClN4O5S. The van der Waals surface area contributed by atoms with Crippen LogP contribution in [-0.4, -0.2) is 27.5 Å². The maximum absolute atomic E-state index is 13.2. The number of benzene rings is 2. The molecule has 2 heterocycles. The quantitative estimate of drug-likeness (QED) is 0.314. The maximum Gasteiger partial charge on any atom is 0.270 e. The standard InChI is InChI=1S/C22H17ClN4O5S/c1-12-6-17(18(32-2)8-16(12)23)25-19(28)9-26-11-24-21-20(22(26)29)15(10-33-21)13-4-3-5-14(7-13)27(30)31/h3-8,10-11H,9H2,1-2H3,(H,25,28). The van der Waals surface area contributed by atoms with Gasteiger partial charge in [-0.25, -0.2) is 4.98 Å². The average Bonchev–Trinajstić information content (AvgIpc) is 3.23. The molecule has 0 atom stereocenters. The number of carbonyl (C=O) groups excluding carboxylic acids is 1. The molecule has 168 valence electrons. The molecule has 0 aliphatic heterocycles. The Bertz CT molecular complexity index is 1460. The van der Waals surface area contributed by atoms with Crippen LogP contribution in [0, 0.1) is 17.0 Å². The number of carbonyl (C=O) groups is 1. The third kappa shape index (κ3) is 4.43. The highest BCUT2D eigenvalue weighted by atomic mass is 35.5. The number of anilines is 1. The van der Waals surface area contributed by atoms with Crippen LogP contribution < -0.4 is 15.6 Å². The summed E-state index contributed by atoms with van der Waals surface area (Å²) in [5.74, 6) is -0.0592. The molecule has 1 N–H and O–H groups in total. The normalized spacial score (nSPS) is 10.9. The number of hydrogen-bond donors (Lipinski definition) is 1. The van der Waals surface area contributed by atoms with E-state index in [2.05, 4.69) is 10.3 Å². The van der Waals surface area contributed by atoms with Crippen LogP contribution in [-0.2, 0) is 11.3 Å². The predicted molar refractivity (Wildman–Crippen MR) is 127 cm³/mol. The summed E-state index contributed by atoms with van der Waals surface area (Å²) < 4.78 is 6.46. The zero-order chi connectivity index (χ0) is 23.7. The number of thiophene rings is 1. The van der Waals surface area contributed by atoms with Crippen LogP contribution in [0.1, 0.15) is 5.56 Å². The van der Waals surface area contributed by atoms with E-state index in [0.29, 0.717) is 37.8 Å².